The number of H-pyrrole nitrogens is 1. The Labute approximate surface area is 96.3 Å². The third-order valence-electron chi connectivity index (χ3n) is 2.54. The molecule has 0 saturated heterocycles. The molecule has 1 aromatic carbocycles. The topological polar surface area (TPSA) is 93.0 Å². The second kappa shape index (κ2) is 3.86. The highest BCUT2D eigenvalue weighted by Crippen LogP contribution is 2.11. The summed E-state index contributed by atoms with van der Waals surface area (Å²) < 4.78 is 0. The number of carbonyl (C=O) groups is 2. The first-order chi connectivity index (χ1) is 8.00. The fraction of sp³-hybridized carbons (Fsp3) is 0.0833. The Kier molecular flexibility index (Phi) is 2.51. The lowest BCUT2D eigenvalue weighted by Gasteiger charge is -2.02. The summed E-state index contributed by atoms with van der Waals surface area (Å²) in [6.45, 7) is 1.31. The van der Waals surface area contributed by atoms with E-state index in [9.17, 15) is 14.4 Å². The molecule has 0 aliphatic heterocycles. The lowest BCUT2D eigenvalue weighted by Crippen LogP contribution is -2.16. The number of nitrogens with two attached hydrogens (primary N) is 1. The minimum atomic E-state index is -0.612. The van der Waals surface area contributed by atoms with E-state index in [1.807, 2.05) is 0 Å². The summed E-state index contributed by atoms with van der Waals surface area (Å²) in [5.41, 5.74) is 5.61. The van der Waals surface area contributed by atoms with Gasteiger partial charge in [-0.1, -0.05) is 0 Å². The Balaban J connectivity index is 2.83. The van der Waals surface area contributed by atoms with E-state index in [2.05, 4.69) is 4.98 Å². The van der Waals surface area contributed by atoms with E-state index in [0.29, 0.717) is 5.52 Å². The number of carbonyl (C=O) groups excluding carboxylic acids is 2. The van der Waals surface area contributed by atoms with Crippen molar-refractivity contribution in [3.63, 3.8) is 0 Å². The average molecular weight is 230 g/mol. The number of primary amides is 1. The van der Waals surface area contributed by atoms with Crippen molar-refractivity contribution >= 4 is 22.6 Å². The van der Waals surface area contributed by atoms with Gasteiger partial charge in [0, 0.05) is 22.7 Å². The third kappa shape index (κ3) is 1.82. The van der Waals surface area contributed by atoms with Gasteiger partial charge in [0.15, 0.2) is 11.2 Å². The number of hydrogen-bond donors (Lipinski definition) is 2. The largest absolute Gasteiger partial charge is 0.366 e. The highest BCUT2D eigenvalue weighted by Gasteiger charge is 2.10. The molecule has 0 fully saturated rings. The minimum Gasteiger partial charge on any atom is -0.366 e. The summed E-state index contributed by atoms with van der Waals surface area (Å²) in [6.07, 6.45) is 1.37. The number of fused-ring (bicyclic) bond motifs is 1. The first kappa shape index (κ1) is 11.1. The Morgan fingerprint density at radius 2 is 2.00 bits per heavy atom. The zero-order chi connectivity index (χ0) is 12.6. The smallest absolute Gasteiger partial charge is 0.248 e. The number of amides is 1. The van der Waals surface area contributed by atoms with Crippen molar-refractivity contribution in [2.45, 2.75) is 6.92 Å². The number of hydrogen-bond acceptors (Lipinski definition) is 3. The van der Waals surface area contributed by atoms with Gasteiger partial charge in [-0.3, -0.25) is 14.4 Å². The Morgan fingerprint density at radius 1 is 1.29 bits per heavy atom. The maximum absolute atomic E-state index is 12.0. The van der Waals surface area contributed by atoms with Gasteiger partial charge in [0.1, 0.15) is 0 Å². The molecule has 5 nitrogen and oxygen atoms in total. The maximum atomic E-state index is 12.0. The van der Waals surface area contributed by atoms with Crippen molar-refractivity contribution < 1.29 is 9.59 Å². The van der Waals surface area contributed by atoms with Crippen LogP contribution in [0.3, 0.4) is 0 Å². The molecule has 86 valence electrons. The molecule has 0 aliphatic carbocycles. The van der Waals surface area contributed by atoms with Crippen molar-refractivity contribution in [1.82, 2.24) is 4.98 Å². The Morgan fingerprint density at radius 3 is 2.59 bits per heavy atom. The molecule has 5 heteroatoms. The lowest BCUT2D eigenvalue weighted by atomic mass is 10.1. The Bertz CT molecular complexity index is 680. The van der Waals surface area contributed by atoms with E-state index in [0.717, 1.165) is 0 Å². The number of pyridine rings is 1. The molecule has 0 bridgehead atoms. The van der Waals surface area contributed by atoms with Gasteiger partial charge in [0.05, 0.1) is 5.56 Å². The molecule has 0 aliphatic rings. The van der Waals surface area contributed by atoms with Crippen LogP contribution in [0.4, 0.5) is 0 Å². The van der Waals surface area contributed by atoms with Gasteiger partial charge in [-0.15, -0.1) is 0 Å². The van der Waals surface area contributed by atoms with Crippen molar-refractivity contribution in [2.24, 2.45) is 5.73 Å². The van der Waals surface area contributed by atoms with Crippen molar-refractivity contribution in [3.05, 3.63) is 45.7 Å². The maximum Gasteiger partial charge on any atom is 0.248 e. The van der Waals surface area contributed by atoms with Gasteiger partial charge < -0.3 is 10.7 Å². The molecule has 17 heavy (non-hydrogen) atoms. The fourth-order valence-corrected chi connectivity index (χ4v) is 1.63. The molecule has 1 aromatic heterocycles. The van der Waals surface area contributed by atoms with Gasteiger partial charge in [0.25, 0.3) is 0 Å². The van der Waals surface area contributed by atoms with Crippen LogP contribution in [0.15, 0.2) is 29.2 Å². The third-order valence-corrected chi connectivity index (χ3v) is 2.54. The summed E-state index contributed by atoms with van der Waals surface area (Å²) >= 11 is 0. The first-order valence-corrected chi connectivity index (χ1v) is 4.97. The summed E-state index contributed by atoms with van der Waals surface area (Å²) in [5, 5.41) is 0.286. The Hall–Kier alpha value is -2.43. The van der Waals surface area contributed by atoms with E-state index in [-0.39, 0.29) is 22.3 Å². The second-order valence-corrected chi connectivity index (χ2v) is 3.71. The van der Waals surface area contributed by atoms with Crippen LogP contribution in [0.25, 0.3) is 10.9 Å². The van der Waals surface area contributed by atoms with Crippen LogP contribution in [-0.4, -0.2) is 16.7 Å². The number of Topliss-reactive ketones (excluding diaryl/α,β-unsaturated/α-hetero) is 1. The van der Waals surface area contributed by atoms with Gasteiger partial charge in [0.2, 0.25) is 5.91 Å². The minimum absolute atomic E-state index is 0.0686. The molecular formula is C12H10N2O3. The van der Waals surface area contributed by atoms with E-state index in [1.54, 1.807) is 6.07 Å². The van der Waals surface area contributed by atoms with E-state index in [4.69, 9.17) is 5.73 Å². The van der Waals surface area contributed by atoms with Crippen molar-refractivity contribution in [1.29, 1.82) is 0 Å². The summed E-state index contributed by atoms with van der Waals surface area (Å²) in [5.74, 6) is -0.933. The molecule has 2 rings (SSSR count). The number of aromatic nitrogens is 1. The van der Waals surface area contributed by atoms with Gasteiger partial charge in [-0.2, -0.15) is 0 Å². The highest BCUT2D eigenvalue weighted by molar-refractivity contribution is 6.00. The lowest BCUT2D eigenvalue weighted by molar-refractivity contribution is 0.0996. The molecule has 0 spiro atoms. The van der Waals surface area contributed by atoms with Crippen LogP contribution in [0.2, 0.25) is 0 Å². The molecule has 3 N–H and O–H groups in total. The zero-order valence-electron chi connectivity index (χ0n) is 9.11. The van der Waals surface area contributed by atoms with E-state index >= 15 is 0 Å². The highest BCUT2D eigenvalue weighted by atomic mass is 16.1. The molecule has 0 atom stereocenters. The second-order valence-electron chi connectivity index (χ2n) is 3.71. The molecule has 0 unspecified atom stereocenters. The van der Waals surface area contributed by atoms with Crippen molar-refractivity contribution in [2.75, 3.05) is 0 Å². The first-order valence-electron chi connectivity index (χ1n) is 4.97. The van der Waals surface area contributed by atoms with E-state index < -0.39 is 11.3 Å². The molecular weight excluding hydrogens is 220 g/mol. The van der Waals surface area contributed by atoms with Crippen LogP contribution in [-0.2, 0) is 0 Å². The van der Waals surface area contributed by atoms with Crippen LogP contribution >= 0.6 is 0 Å². The molecule has 2 aromatic rings. The normalized spacial score (nSPS) is 10.4. The van der Waals surface area contributed by atoms with Crippen LogP contribution < -0.4 is 11.2 Å². The quantitative estimate of drug-likeness (QED) is 0.748. The summed E-state index contributed by atoms with van der Waals surface area (Å²) in [6, 6.07) is 4.50. The standard InChI is InChI=1S/C12H10N2O3/c1-6(15)9-5-14-10-3-2-7(12(13)17)4-8(10)11(9)16/h2-5H,1H3,(H2,13,17)(H,14,16). The van der Waals surface area contributed by atoms with E-state index in [1.165, 1.54) is 25.3 Å². The van der Waals surface area contributed by atoms with Gasteiger partial charge in [-0.05, 0) is 25.1 Å². The monoisotopic (exact) mass is 230 g/mol. The number of ketones is 1. The van der Waals surface area contributed by atoms with Crippen LogP contribution in [0.5, 0.6) is 0 Å². The molecule has 0 saturated carbocycles. The van der Waals surface area contributed by atoms with Crippen LogP contribution in [0.1, 0.15) is 27.6 Å². The molecule has 1 heterocycles. The van der Waals surface area contributed by atoms with Gasteiger partial charge >= 0.3 is 0 Å². The fourth-order valence-electron chi connectivity index (χ4n) is 1.63. The zero-order valence-corrected chi connectivity index (χ0v) is 9.11. The number of aromatic amines is 1. The SMILES string of the molecule is CC(=O)c1c[nH]c2ccc(C(N)=O)cc2c1=O. The summed E-state index contributed by atoms with van der Waals surface area (Å²) in [4.78, 5) is 37.0. The van der Waals surface area contributed by atoms with Gasteiger partial charge in [-0.25, -0.2) is 0 Å². The number of nitrogens with one attached hydrogen (secondary N) is 1. The summed E-state index contributed by atoms with van der Waals surface area (Å²) in [7, 11) is 0. The van der Waals surface area contributed by atoms with Crippen molar-refractivity contribution in [3.8, 4) is 0 Å². The van der Waals surface area contributed by atoms with Crippen LogP contribution in [0, 0.1) is 0 Å². The number of rotatable bonds is 2. The predicted molar refractivity (Wildman–Crippen MR) is 63.1 cm³/mol. The molecule has 0 radical (unpaired) electrons. The number of benzene rings is 1. The predicted octanol–water partition coefficient (Wildman–Crippen LogP) is 0.830. The average Bonchev–Trinajstić information content (AvgIpc) is 2.28. The molecule has 1 amide bonds.